The van der Waals surface area contributed by atoms with Crippen LogP contribution in [0.5, 0.6) is 5.75 Å². The third kappa shape index (κ3) is 4.30. The number of aryl methyl sites for hydroxylation is 1. The summed E-state index contributed by atoms with van der Waals surface area (Å²) < 4.78 is 35.7. The number of aromatic nitrogens is 2. The lowest BCUT2D eigenvalue weighted by molar-refractivity contribution is 0.294. The summed E-state index contributed by atoms with van der Waals surface area (Å²) in [5.41, 5.74) is 4.62. The van der Waals surface area contributed by atoms with E-state index in [-0.39, 0.29) is 12.2 Å². The molecule has 2 aromatic carbocycles. The third-order valence-corrected chi connectivity index (χ3v) is 5.41. The van der Waals surface area contributed by atoms with Gasteiger partial charge in [-0.15, -0.1) is 0 Å². The highest BCUT2D eigenvalue weighted by Gasteiger charge is 2.16. The molecule has 0 aliphatic rings. The van der Waals surface area contributed by atoms with Gasteiger partial charge in [-0.1, -0.05) is 31.2 Å². The van der Waals surface area contributed by atoms with Crippen LogP contribution in [0.1, 0.15) is 23.7 Å². The van der Waals surface area contributed by atoms with Crippen LogP contribution in [0.15, 0.2) is 60.8 Å². The highest BCUT2D eigenvalue weighted by molar-refractivity contribution is 5.70. The Labute approximate surface area is 180 Å². The smallest absolute Gasteiger partial charge is 0.180 e. The number of rotatable bonds is 7. The van der Waals surface area contributed by atoms with Crippen LogP contribution < -0.4 is 4.74 Å². The molecule has 0 saturated heterocycles. The van der Waals surface area contributed by atoms with Crippen LogP contribution in [0, 0.1) is 18.6 Å². The molecule has 160 valence electrons. The summed E-state index contributed by atoms with van der Waals surface area (Å²) in [6, 6.07) is 15.8. The van der Waals surface area contributed by atoms with Crippen molar-refractivity contribution < 1.29 is 13.5 Å². The molecule has 0 N–H and O–H groups in total. The lowest BCUT2D eigenvalue weighted by Crippen LogP contribution is -2.16. The van der Waals surface area contributed by atoms with Crippen LogP contribution in [0.4, 0.5) is 8.78 Å². The zero-order chi connectivity index (χ0) is 22.0. The summed E-state index contributed by atoms with van der Waals surface area (Å²) in [4.78, 5) is 6.94. The van der Waals surface area contributed by atoms with Gasteiger partial charge in [-0.3, -0.25) is 4.40 Å². The molecule has 0 bridgehead atoms. The highest BCUT2D eigenvalue weighted by Crippen LogP contribution is 2.30. The average molecular weight is 421 g/mol. The second-order valence-corrected chi connectivity index (χ2v) is 7.63. The van der Waals surface area contributed by atoms with Gasteiger partial charge in [0.2, 0.25) is 0 Å². The molecule has 0 unspecified atom stereocenters. The predicted octanol–water partition coefficient (Wildman–Crippen LogP) is 5.62. The summed E-state index contributed by atoms with van der Waals surface area (Å²) in [6.07, 6.45) is 1.92. The van der Waals surface area contributed by atoms with Crippen molar-refractivity contribution >= 4 is 5.65 Å². The largest absolute Gasteiger partial charge is 0.485 e. The third-order valence-electron chi connectivity index (χ3n) is 5.41. The molecule has 2 aromatic heterocycles. The Bertz CT molecular complexity index is 1200. The van der Waals surface area contributed by atoms with Crippen LogP contribution in [-0.2, 0) is 13.2 Å². The fourth-order valence-electron chi connectivity index (χ4n) is 3.68. The van der Waals surface area contributed by atoms with E-state index in [0.717, 1.165) is 30.0 Å². The molecule has 4 nitrogen and oxygen atoms in total. The minimum absolute atomic E-state index is 0.0965. The summed E-state index contributed by atoms with van der Waals surface area (Å²) >= 11 is 0. The molecular weight excluding hydrogens is 396 g/mol. The number of halogens is 2. The van der Waals surface area contributed by atoms with Crippen LogP contribution in [0.2, 0.25) is 0 Å². The zero-order valence-electron chi connectivity index (χ0n) is 17.9. The van der Waals surface area contributed by atoms with Gasteiger partial charge in [0.15, 0.2) is 11.4 Å². The first-order valence-corrected chi connectivity index (χ1v) is 10.3. The molecule has 0 amide bonds. The maximum absolute atomic E-state index is 14.0. The van der Waals surface area contributed by atoms with Crippen molar-refractivity contribution in [3.8, 4) is 17.0 Å². The minimum atomic E-state index is -0.624. The Balaban J connectivity index is 1.69. The van der Waals surface area contributed by atoms with Crippen molar-refractivity contribution in [3.05, 3.63) is 89.2 Å². The van der Waals surface area contributed by atoms with E-state index < -0.39 is 11.6 Å². The minimum Gasteiger partial charge on any atom is -0.485 e. The van der Waals surface area contributed by atoms with Crippen LogP contribution in [-0.4, -0.2) is 27.9 Å². The van der Waals surface area contributed by atoms with Crippen LogP contribution >= 0.6 is 0 Å². The molecule has 0 radical (unpaired) electrons. The SMILES string of the molecule is CCN(C)Cc1cccc(-c2c(C)nc3c(OCc4c(F)cccc4F)cccn23)c1. The summed E-state index contributed by atoms with van der Waals surface area (Å²) in [7, 11) is 2.09. The first kappa shape index (κ1) is 21.0. The maximum Gasteiger partial charge on any atom is 0.180 e. The van der Waals surface area contributed by atoms with E-state index >= 15 is 0 Å². The number of hydrogen-bond acceptors (Lipinski definition) is 3. The molecule has 31 heavy (non-hydrogen) atoms. The monoisotopic (exact) mass is 421 g/mol. The fraction of sp³-hybridized carbons (Fsp3) is 0.240. The van der Waals surface area contributed by atoms with Crippen molar-refractivity contribution in [2.45, 2.75) is 27.0 Å². The molecule has 4 aromatic rings. The highest BCUT2D eigenvalue weighted by atomic mass is 19.1. The van der Waals surface area contributed by atoms with Gasteiger partial charge in [0.25, 0.3) is 0 Å². The van der Waals surface area contributed by atoms with Crippen LogP contribution in [0.3, 0.4) is 0 Å². The van der Waals surface area contributed by atoms with E-state index in [9.17, 15) is 8.78 Å². The molecule has 0 atom stereocenters. The summed E-state index contributed by atoms with van der Waals surface area (Å²) in [5, 5.41) is 0. The Morgan fingerprint density at radius 3 is 2.52 bits per heavy atom. The molecule has 0 aliphatic carbocycles. The normalized spacial score (nSPS) is 11.4. The Hall–Kier alpha value is -3.25. The van der Waals surface area contributed by atoms with Gasteiger partial charge in [-0.05, 0) is 56.4 Å². The number of hydrogen-bond donors (Lipinski definition) is 0. The standard InChI is InChI=1S/C25H25F2N3O/c1-4-29(3)15-18-8-5-9-19(14-18)24-17(2)28-25-23(12-7-13-30(24)25)31-16-20-21(26)10-6-11-22(20)27/h5-14H,4,15-16H2,1-3H3. The Morgan fingerprint density at radius 1 is 1.03 bits per heavy atom. The number of nitrogens with zero attached hydrogens (tertiary/aromatic N) is 3. The van der Waals surface area contributed by atoms with Crippen LogP contribution in [0.25, 0.3) is 16.9 Å². The van der Waals surface area contributed by atoms with Crippen molar-refractivity contribution in [2.24, 2.45) is 0 Å². The van der Waals surface area contributed by atoms with Crippen molar-refractivity contribution in [2.75, 3.05) is 13.6 Å². The number of ether oxygens (including phenoxy) is 1. The van der Waals surface area contributed by atoms with Crippen molar-refractivity contribution in [3.63, 3.8) is 0 Å². The number of benzene rings is 2. The lowest BCUT2D eigenvalue weighted by Gasteiger charge is -2.14. The average Bonchev–Trinajstić information content (AvgIpc) is 3.10. The second kappa shape index (κ2) is 8.86. The van der Waals surface area contributed by atoms with E-state index in [1.807, 2.05) is 29.7 Å². The molecule has 4 rings (SSSR count). The fourth-order valence-corrected chi connectivity index (χ4v) is 3.68. The molecule has 0 aliphatic heterocycles. The maximum atomic E-state index is 14.0. The molecular formula is C25H25F2N3O. The van der Waals surface area contributed by atoms with Crippen molar-refractivity contribution in [1.29, 1.82) is 0 Å². The Kier molecular flexibility index (Phi) is 6.00. The second-order valence-electron chi connectivity index (χ2n) is 7.63. The number of fused-ring (bicyclic) bond motifs is 1. The zero-order valence-corrected chi connectivity index (χ0v) is 17.9. The van der Waals surface area contributed by atoms with Gasteiger partial charge in [0.05, 0.1) is 17.0 Å². The quantitative estimate of drug-likeness (QED) is 0.388. The van der Waals surface area contributed by atoms with Gasteiger partial charge in [-0.2, -0.15) is 0 Å². The molecule has 0 fully saturated rings. The molecule has 6 heteroatoms. The lowest BCUT2D eigenvalue weighted by atomic mass is 10.1. The summed E-state index contributed by atoms with van der Waals surface area (Å²) in [5.74, 6) is -0.775. The van der Waals surface area contributed by atoms with E-state index in [1.165, 1.54) is 23.8 Å². The summed E-state index contributed by atoms with van der Waals surface area (Å²) in [6.45, 7) is 5.71. The van der Waals surface area contributed by atoms with E-state index in [4.69, 9.17) is 9.72 Å². The predicted molar refractivity (Wildman–Crippen MR) is 118 cm³/mol. The van der Waals surface area contributed by atoms with Gasteiger partial charge in [0, 0.05) is 18.3 Å². The molecule has 0 spiro atoms. The Morgan fingerprint density at radius 2 is 1.77 bits per heavy atom. The first-order chi connectivity index (χ1) is 15.0. The van der Waals surface area contributed by atoms with Gasteiger partial charge in [0.1, 0.15) is 18.2 Å². The topological polar surface area (TPSA) is 29.8 Å². The van der Waals surface area contributed by atoms with Gasteiger partial charge >= 0.3 is 0 Å². The molecule has 2 heterocycles. The number of imidazole rings is 1. The van der Waals surface area contributed by atoms with Gasteiger partial charge in [-0.25, -0.2) is 13.8 Å². The molecule has 0 saturated carbocycles. The number of pyridine rings is 1. The van der Waals surface area contributed by atoms with Crippen molar-refractivity contribution in [1.82, 2.24) is 14.3 Å². The van der Waals surface area contributed by atoms with E-state index in [1.54, 1.807) is 6.07 Å². The first-order valence-electron chi connectivity index (χ1n) is 10.3. The van der Waals surface area contributed by atoms with E-state index in [0.29, 0.717) is 11.4 Å². The van der Waals surface area contributed by atoms with Gasteiger partial charge < -0.3 is 9.64 Å². The van der Waals surface area contributed by atoms with E-state index in [2.05, 4.69) is 37.1 Å².